The number of nitrogens with zero attached hydrogens (tertiary/aromatic N) is 2. The number of benzene rings is 1. The van der Waals surface area contributed by atoms with E-state index in [0.717, 1.165) is 19.1 Å². The lowest BCUT2D eigenvalue weighted by molar-refractivity contribution is 0.1000. The Morgan fingerprint density at radius 2 is 2.00 bits per heavy atom. The molecule has 20 heavy (non-hydrogen) atoms. The van der Waals surface area contributed by atoms with E-state index in [-0.39, 0.29) is 0 Å². The SMILES string of the molecule is CC1CN(Cc2cccc(CNC3CC3)c2)CCN1C. The zero-order valence-corrected chi connectivity index (χ0v) is 12.8. The van der Waals surface area contributed by atoms with Crippen molar-refractivity contribution in [3.8, 4) is 0 Å². The smallest absolute Gasteiger partial charge is 0.0235 e. The van der Waals surface area contributed by atoms with Gasteiger partial charge in [0.2, 0.25) is 0 Å². The summed E-state index contributed by atoms with van der Waals surface area (Å²) < 4.78 is 0. The number of piperazine rings is 1. The van der Waals surface area contributed by atoms with Crippen LogP contribution in [0.2, 0.25) is 0 Å². The molecule has 1 aromatic carbocycles. The van der Waals surface area contributed by atoms with Gasteiger partial charge >= 0.3 is 0 Å². The van der Waals surface area contributed by atoms with Gasteiger partial charge < -0.3 is 10.2 Å². The minimum atomic E-state index is 0.670. The fourth-order valence-corrected chi connectivity index (χ4v) is 2.91. The first-order chi connectivity index (χ1) is 9.70. The van der Waals surface area contributed by atoms with Gasteiger partial charge in [-0.05, 0) is 37.9 Å². The Balaban J connectivity index is 1.54. The number of hydrogen-bond donors (Lipinski definition) is 1. The van der Waals surface area contributed by atoms with Gasteiger partial charge in [0.25, 0.3) is 0 Å². The summed E-state index contributed by atoms with van der Waals surface area (Å²) in [5.41, 5.74) is 2.88. The second kappa shape index (κ2) is 6.25. The molecule has 1 saturated heterocycles. The molecule has 3 nitrogen and oxygen atoms in total. The Kier molecular flexibility index (Phi) is 4.39. The quantitative estimate of drug-likeness (QED) is 0.886. The van der Waals surface area contributed by atoms with Crippen molar-refractivity contribution < 1.29 is 0 Å². The fraction of sp³-hybridized carbons (Fsp3) is 0.647. The summed E-state index contributed by atoms with van der Waals surface area (Å²) in [5, 5.41) is 3.60. The van der Waals surface area contributed by atoms with Crippen LogP contribution in [0.4, 0.5) is 0 Å². The van der Waals surface area contributed by atoms with Gasteiger partial charge in [0, 0.05) is 44.8 Å². The van der Waals surface area contributed by atoms with Crippen molar-refractivity contribution in [2.75, 3.05) is 26.7 Å². The van der Waals surface area contributed by atoms with E-state index in [1.807, 2.05) is 0 Å². The topological polar surface area (TPSA) is 18.5 Å². The van der Waals surface area contributed by atoms with Gasteiger partial charge in [0.05, 0.1) is 0 Å². The Morgan fingerprint density at radius 1 is 1.20 bits per heavy atom. The highest BCUT2D eigenvalue weighted by Gasteiger charge is 2.21. The molecule has 0 aromatic heterocycles. The van der Waals surface area contributed by atoms with Gasteiger partial charge in [-0.2, -0.15) is 0 Å². The Morgan fingerprint density at radius 3 is 2.75 bits per heavy atom. The van der Waals surface area contributed by atoms with Crippen LogP contribution in [0.3, 0.4) is 0 Å². The minimum absolute atomic E-state index is 0.670. The molecule has 1 heterocycles. The van der Waals surface area contributed by atoms with E-state index in [2.05, 4.69) is 53.4 Å². The third-order valence-electron chi connectivity index (χ3n) is 4.61. The van der Waals surface area contributed by atoms with Crippen LogP contribution in [0.15, 0.2) is 24.3 Å². The standard InChI is InChI=1S/C17H27N3/c1-14-12-20(9-8-19(14)2)13-16-5-3-4-15(10-16)11-18-17-6-7-17/h3-5,10,14,17-18H,6-9,11-13H2,1-2H3. The molecule has 0 spiro atoms. The molecule has 1 N–H and O–H groups in total. The molecule has 1 aromatic rings. The fourth-order valence-electron chi connectivity index (χ4n) is 2.91. The summed E-state index contributed by atoms with van der Waals surface area (Å²) in [7, 11) is 2.23. The van der Waals surface area contributed by atoms with E-state index in [9.17, 15) is 0 Å². The van der Waals surface area contributed by atoms with E-state index in [4.69, 9.17) is 0 Å². The van der Waals surface area contributed by atoms with Crippen LogP contribution in [0.5, 0.6) is 0 Å². The van der Waals surface area contributed by atoms with Crippen molar-refractivity contribution in [3.05, 3.63) is 35.4 Å². The van der Waals surface area contributed by atoms with E-state index >= 15 is 0 Å². The summed E-state index contributed by atoms with van der Waals surface area (Å²) >= 11 is 0. The van der Waals surface area contributed by atoms with E-state index in [1.54, 1.807) is 0 Å². The van der Waals surface area contributed by atoms with Crippen LogP contribution in [0, 0.1) is 0 Å². The third-order valence-corrected chi connectivity index (χ3v) is 4.61. The van der Waals surface area contributed by atoms with Gasteiger partial charge in [-0.1, -0.05) is 24.3 Å². The molecule has 1 aliphatic heterocycles. The van der Waals surface area contributed by atoms with Crippen molar-refractivity contribution in [1.82, 2.24) is 15.1 Å². The molecular weight excluding hydrogens is 246 g/mol. The molecule has 2 aliphatic rings. The molecule has 0 bridgehead atoms. The second-order valence-corrected chi connectivity index (χ2v) is 6.54. The van der Waals surface area contributed by atoms with Crippen LogP contribution >= 0.6 is 0 Å². The van der Waals surface area contributed by atoms with E-state index < -0.39 is 0 Å². The predicted octanol–water partition coefficient (Wildman–Crippen LogP) is 2.07. The highest BCUT2D eigenvalue weighted by molar-refractivity contribution is 5.23. The second-order valence-electron chi connectivity index (χ2n) is 6.54. The summed E-state index contributed by atoms with van der Waals surface area (Å²) in [5.74, 6) is 0. The van der Waals surface area contributed by atoms with Crippen LogP contribution in [-0.4, -0.2) is 48.6 Å². The number of nitrogens with one attached hydrogen (secondary N) is 1. The molecule has 1 unspecified atom stereocenters. The van der Waals surface area contributed by atoms with Crippen molar-refractivity contribution >= 4 is 0 Å². The molecule has 0 amide bonds. The maximum Gasteiger partial charge on any atom is 0.0235 e. The monoisotopic (exact) mass is 273 g/mol. The number of likely N-dealkylation sites (N-methyl/N-ethyl adjacent to an activating group) is 1. The summed E-state index contributed by atoms with van der Waals surface area (Å²) in [6, 6.07) is 10.5. The maximum atomic E-state index is 3.60. The first-order valence-corrected chi connectivity index (χ1v) is 7.94. The first-order valence-electron chi connectivity index (χ1n) is 7.94. The Labute approximate surface area is 123 Å². The molecule has 1 aliphatic carbocycles. The van der Waals surface area contributed by atoms with Crippen LogP contribution < -0.4 is 5.32 Å². The van der Waals surface area contributed by atoms with E-state index in [0.29, 0.717) is 6.04 Å². The van der Waals surface area contributed by atoms with Gasteiger partial charge in [-0.25, -0.2) is 0 Å². The predicted molar refractivity (Wildman–Crippen MR) is 83.7 cm³/mol. The largest absolute Gasteiger partial charge is 0.310 e. The zero-order valence-electron chi connectivity index (χ0n) is 12.8. The van der Waals surface area contributed by atoms with Crippen molar-refractivity contribution in [1.29, 1.82) is 0 Å². The summed E-state index contributed by atoms with van der Waals surface area (Å²) in [6.07, 6.45) is 2.72. The van der Waals surface area contributed by atoms with Gasteiger partial charge in [0.1, 0.15) is 0 Å². The average molecular weight is 273 g/mol. The van der Waals surface area contributed by atoms with Gasteiger partial charge in [-0.15, -0.1) is 0 Å². The molecular formula is C17H27N3. The molecule has 3 rings (SSSR count). The first kappa shape index (κ1) is 14.1. The highest BCUT2D eigenvalue weighted by Crippen LogP contribution is 2.19. The highest BCUT2D eigenvalue weighted by atomic mass is 15.3. The van der Waals surface area contributed by atoms with Crippen molar-refractivity contribution in [2.45, 2.75) is 44.9 Å². The number of rotatable bonds is 5. The summed E-state index contributed by atoms with van der Waals surface area (Å²) in [6.45, 7) is 7.99. The van der Waals surface area contributed by atoms with E-state index in [1.165, 1.54) is 43.6 Å². The van der Waals surface area contributed by atoms with Crippen molar-refractivity contribution in [2.24, 2.45) is 0 Å². The van der Waals surface area contributed by atoms with Gasteiger partial charge in [-0.3, -0.25) is 4.90 Å². The minimum Gasteiger partial charge on any atom is -0.310 e. The molecule has 3 heteroatoms. The molecule has 2 fully saturated rings. The lowest BCUT2D eigenvalue weighted by Crippen LogP contribution is -2.49. The van der Waals surface area contributed by atoms with Crippen LogP contribution in [0.1, 0.15) is 30.9 Å². The average Bonchev–Trinajstić information content (AvgIpc) is 3.25. The Bertz CT molecular complexity index is 442. The molecule has 110 valence electrons. The van der Waals surface area contributed by atoms with Crippen LogP contribution in [0.25, 0.3) is 0 Å². The van der Waals surface area contributed by atoms with Gasteiger partial charge in [0.15, 0.2) is 0 Å². The lowest BCUT2D eigenvalue weighted by Gasteiger charge is -2.37. The third kappa shape index (κ3) is 3.81. The lowest BCUT2D eigenvalue weighted by atomic mass is 10.1. The Hall–Kier alpha value is -0.900. The summed E-state index contributed by atoms with van der Waals surface area (Å²) in [4.78, 5) is 5.03. The molecule has 0 radical (unpaired) electrons. The molecule has 1 saturated carbocycles. The van der Waals surface area contributed by atoms with Crippen molar-refractivity contribution in [3.63, 3.8) is 0 Å². The zero-order chi connectivity index (χ0) is 13.9. The maximum absolute atomic E-state index is 3.60. The molecule has 1 atom stereocenters. The normalized spacial score (nSPS) is 25.0. The number of hydrogen-bond acceptors (Lipinski definition) is 3. The van der Waals surface area contributed by atoms with Crippen LogP contribution in [-0.2, 0) is 13.1 Å².